The first-order valence-electron chi connectivity index (χ1n) is 5.04. The van der Waals surface area contributed by atoms with Gasteiger partial charge in [-0.25, -0.2) is 0 Å². The standard InChI is InChI=1S/C12H14OS2/c1-2-3-9-11(13)15-12(14)10-7-5-4-6-8-10/h4-8H,2-3,9H2,1H3. The molecule has 1 aromatic rings. The SMILES string of the molecule is CCCCC(=O)SC(=S)c1ccccc1. The summed E-state index contributed by atoms with van der Waals surface area (Å²) < 4.78 is 0.678. The van der Waals surface area contributed by atoms with E-state index in [9.17, 15) is 4.79 Å². The summed E-state index contributed by atoms with van der Waals surface area (Å²) in [6.07, 6.45) is 2.61. The fourth-order valence-electron chi connectivity index (χ4n) is 1.11. The minimum Gasteiger partial charge on any atom is -0.287 e. The van der Waals surface area contributed by atoms with Crippen molar-refractivity contribution in [3.05, 3.63) is 35.9 Å². The Morgan fingerprint density at radius 2 is 2.00 bits per heavy atom. The third kappa shape index (κ3) is 4.58. The molecule has 0 fully saturated rings. The summed E-state index contributed by atoms with van der Waals surface area (Å²) in [5.74, 6) is 0. The highest BCUT2D eigenvalue weighted by molar-refractivity contribution is 8.33. The van der Waals surface area contributed by atoms with Gasteiger partial charge >= 0.3 is 0 Å². The Morgan fingerprint density at radius 1 is 1.33 bits per heavy atom. The van der Waals surface area contributed by atoms with Crippen LogP contribution in [0, 0.1) is 0 Å². The quantitative estimate of drug-likeness (QED) is 0.742. The molecule has 0 aromatic heterocycles. The summed E-state index contributed by atoms with van der Waals surface area (Å²) in [5.41, 5.74) is 0.961. The molecule has 0 heterocycles. The van der Waals surface area contributed by atoms with Crippen molar-refractivity contribution in [3.63, 3.8) is 0 Å². The largest absolute Gasteiger partial charge is 0.287 e. The van der Waals surface area contributed by atoms with Crippen molar-refractivity contribution in [2.45, 2.75) is 26.2 Å². The van der Waals surface area contributed by atoms with Gasteiger partial charge < -0.3 is 0 Å². The van der Waals surface area contributed by atoms with Gasteiger partial charge in [0.15, 0.2) is 5.12 Å². The first kappa shape index (κ1) is 12.4. The van der Waals surface area contributed by atoms with Crippen molar-refractivity contribution < 1.29 is 4.79 Å². The fourth-order valence-corrected chi connectivity index (χ4v) is 2.23. The third-order valence-corrected chi connectivity index (χ3v) is 3.29. The van der Waals surface area contributed by atoms with E-state index < -0.39 is 0 Å². The van der Waals surface area contributed by atoms with E-state index in [0.29, 0.717) is 10.6 Å². The molecule has 0 spiro atoms. The van der Waals surface area contributed by atoms with Crippen molar-refractivity contribution in [2.24, 2.45) is 0 Å². The number of thiocarbonyl (C=S) groups is 1. The molecule has 1 rings (SSSR count). The summed E-state index contributed by atoms with van der Waals surface area (Å²) in [6.45, 7) is 2.08. The highest BCUT2D eigenvalue weighted by Gasteiger charge is 2.07. The lowest BCUT2D eigenvalue weighted by molar-refractivity contribution is -0.110. The molecule has 0 N–H and O–H groups in total. The van der Waals surface area contributed by atoms with Crippen LogP contribution in [0.4, 0.5) is 0 Å². The summed E-state index contributed by atoms with van der Waals surface area (Å²) in [4.78, 5) is 11.5. The predicted molar refractivity (Wildman–Crippen MR) is 70.3 cm³/mol. The summed E-state index contributed by atoms with van der Waals surface area (Å²) in [6, 6.07) is 9.66. The number of hydrogen-bond donors (Lipinski definition) is 0. The lowest BCUT2D eigenvalue weighted by Gasteiger charge is -2.01. The van der Waals surface area contributed by atoms with Crippen LogP contribution in [0.1, 0.15) is 31.7 Å². The maximum absolute atomic E-state index is 11.5. The zero-order valence-corrected chi connectivity index (χ0v) is 10.4. The van der Waals surface area contributed by atoms with Crippen molar-refractivity contribution in [2.75, 3.05) is 0 Å². The molecule has 3 heteroatoms. The monoisotopic (exact) mass is 238 g/mol. The Balaban J connectivity index is 2.46. The summed E-state index contributed by atoms with van der Waals surface area (Å²) >= 11 is 6.37. The van der Waals surface area contributed by atoms with Gasteiger partial charge in [0.1, 0.15) is 0 Å². The molecule has 15 heavy (non-hydrogen) atoms. The van der Waals surface area contributed by atoms with Crippen LogP contribution in [0.15, 0.2) is 30.3 Å². The maximum atomic E-state index is 11.5. The molecule has 0 atom stereocenters. The lowest BCUT2D eigenvalue weighted by atomic mass is 10.2. The van der Waals surface area contributed by atoms with Crippen LogP contribution in [-0.2, 0) is 4.79 Å². The van der Waals surface area contributed by atoms with E-state index in [1.165, 1.54) is 11.8 Å². The molecule has 1 aromatic carbocycles. The zero-order chi connectivity index (χ0) is 11.1. The minimum absolute atomic E-state index is 0.172. The van der Waals surface area contributed by atoms with Gasteiger partial charge in [0, 0.05) is 6.42 Å². The molecule has 1 nitrogen and oxygen atoms in total. The Morgan fingerprint density at radius 3 is 2.60 bits per heavy atom. The van der Waals surface area contributed by atoms with Crippen molar-refractivity contribution >= 4 is 33.3 Å². The predicted octanol–water partition coefficient (Wildman–Crippen LogP) is 3.81. The van der Waals surface area contributed by atoms with E-state index >= 15 is 0 Å². The fraction of sp³-hybridized carbons (Fsp3) is 0.333. The van der Waals surface area contributed by atoms with E-state index in [0.717, 1.165) is 18.4 Å². The first-order valence-corrected chi connectivity index (χ1v) is 6.26. The molecule has 0 saturated carbocycles. The molecule has 0 radical (unpaired) electrons. The molecule has 0 aliphatic carbocycles. The Kier molecular flexibility index (Phi) is 5.58. The van der Waals surface area contributed by atoms with Crippen LogP contribution in [0.25, 0.3) is 0 Å². The highest BCUT2D eigenvalue weighted by atomic mass is 32.2. The van der Waals surface area contributed by atoms with Gasteiger partial charge in [-0.1, -0.05) is 55.9 Å². The minimum atomic E-state index is 0.172. The van der Waals surface area contributed by atoms with E-state index in [2.05, 4.69) is 6.92 Å². The van der Waals surface area contributed by atoms with E-state index in [1.54, 1.807) is 0 Å². The average Bonchev–Trinajstić information content (AvgIpc) is 2.27. The van der Waals surface area contributed by atoms with Gasteiger partial charge in [-0.2, -0.15) is 0 Å². The van der Waals surface area contributed by atoms with Gasteiger partial charge in [0.05, 0.1) is 4.20 Å². The molecule has 0 amide bonds. The molecular weight excluding hydrogens is 224 g/mol. The van der Waals surface area contributed by atoms with Crippen LogP contribution in [0.2, 0.25) is 0 Å². The van der Waals surface area contributed by atoms with Crippen molar-refractivity contribution in [1.29, 1.82) is 0 Å². The molecule has 0 aliphatic heterocycles. The smallest absolute Gasteiger partial charge is 0.194 e. The first-order chi connectivity index (χ1) is 7.24. The number of thioether (sulfide) groups is 1. The second-order valence-electron chi connectivity index (χ2n) is 3.23. The second-order valence-corrected chi connectivity index (χ2v) is 4.97. The third-order valence-electron chi connectivity index (χ3n) is 1.95. The van der Waals surface area contributed by atoms with E-state index in [1.807, 2.05) is 30.3 Å². The van der Waals surface area contributed by atoms with Gasteiger partial charge in [-0.3, -0.25) is 4.79 Å². The van der Waals surface area contributed by atoms with Crippen LogP contribution in [-0.4, -0.2) is 9.31 Å². The summed E-state index contributed by atoms with van der Waals surface area (Å²) in [7, 11) is 0. The zero-order valence-electron chi connectivity index (χ0n) is 8.73. The number of hydrogen-bond acceptors (Lipinski definition) is 3. The molecule has 0 unspecified atom stereocenters. The topological polar surface area (TPSA) is 17.1 Å². The normalized spacial score (nSPS) is 9.93. The molecule has 0 aliphatic rings. The van der Waals surface area contributed by atoms with Crippen molar-refractivity contribution in [1.82, 2.24) is 0 Å². The van der Waals surface area contributed by atoms with Gasteiger partial charge in [0.2, 0.25) is 0 Å². The maximum Gasteiger partial charge on any atom is 0.194 e. The van der Waals surface area contributed by atoms with Gasteiger partial charge in [0.25, 0.3) is 0 Å². The van der Waals surface area contributed by atoms with Crippen LogP contribution in [0.5, 0.6) is 0 Å². The van der Waals surface area contributed by atoms with E-state index in [4.69, 9.17) is 12.2 Å². The second kappa shape index (κ2) is 6.75. The van der Waals surface area contributed by atoms with Crippen LogP contribution in [0.3, 0.4) is 0 Å². The van der Waals surface area contributed by atoms with Gasteiger partial charge in [-0.05, 0) is 23.7 Å². The molecular formula is C12H14OS2. The lowest BCUT2D eigenvalue weighted by Crippen LogP contribution is -1.98. The molecule has 0 bridgehead atoms. The van der Waals surface area contributed by atoms with Gasteiger partial charge in [-0.15, -0.1) is 0 Å². The molecule has 80 valence electrons. The number of rotatable bonds is 4. The Bertz CT molecular complexity index is 333. The summed E-state index contributed by atoms with van der Waals surface area (Å²) in [5, 5.41) is 0.172. The average molecular weight is 238 g/mol. The highest BCUT2D eigenvalue weighted by Crippen LogP contribution is 2.17. The number of carbonyl (C=O) groups is 1. The molecule has 0 saturated heterocycles. The number of unbranched alkanes of at least 4 members (excludes halogenated alkanes) is 1. The van der Waals surface area contributed by atoms with Crippen LogP contribution >= 0.6 is 24.0 Å². The van der Waals surface area contributed by atoms with Crippen LogP contribution < -0.4 is 0 Å². The Hall–Kier alpha value is -0.670. The van der Waals surface area contributed by atoms with E-state index in [-0.39, 0.29) is 5.12 Å². The number of benzene rings is 1. The van der Waals surface area contributed by atoms with Crippen molar-refractivity contribution in [3.8, 4) is 0 Å². The Labute approximate surface area is 100 Å². The number of carbonyl (C=O) groups excluding carboxylic acids is 1.